The maximum atomic E-state index is 10.9. The lowest BCUT2D eigenvalue weighted by Gasteiger charge is -2.21. The molecule has 0 amide bonds. The second-order valence-corrected chi connectivity index (χ2v) is 7.09. The third kappa shape index (κ3) is 12.6. The molecule has 0 saturated carbocycles. The van der Waals surface area contributed by atoms with Crippen LogP contribution < -0.4 is 0 Å². The van der Waals surface area contributed by atoms with Crippen LogP contribution in [-0.2, 0) is 11.3 Å². The number of carboxylic acid groups (broad SMARTS) is 1. The SMILES string of the molecule is CCCCCCCCCCCCN(CCC(=O)O)Cc1ccccc1. The van der Waals surface area contributed by atoms with Crippen LogP contribution in [0.25, 0.3) is 0 Å². The molecule has 25 heavy (non-hydrogen) atoms. The fraction of sp³-hybridized carbons (Fsp3) is 0.682. The van der Waals surface area contributed by atoms with E-state index in [1.54, 1.807) is 0 Å². The third-order valence-corrected chi connectivity index (χ3v) is 4.72. The lowest BCUT2D eigenvalue weighted by atomic mass is 10.1. The Hall–Kier alpha value is -1.35. The van der Waals surface area contributed by atoms with E-state index in [-0.39, 0.29) is 6.42 Å². The Bertz CT molecular complexity index is 433. The summed E-state index contributed by atoms with van der Waals surface area (Å²) >= 11 is 0. The third-order valence-electron chi connectivity index (χ3n) is 4.72. The first-order chi connectivity index (χ1) is 12.2. The summed E-state index contributed by atoms with van der Waals surface area (Å²) in [4.78, 5) is 13.2. The normalized spacial score (nSPS) is 11.1. The van der Waals surface area contributed by atoms with E-state index in [1.165, 1.54) is 69.8 Å². The summed E-state index contributed by atoms with van der Waals surface area (Å²) in [5.41, 5.74) is 1.26. The molecule has 0 aromatic heterocycles. The molecule has 0 aliphatic rings. The highest BCUT2D eigenvalue weighted by Crippen LogP contribution is 2.12. The van der Waals surface area contributed by atoms with E-state index < -0.39 is 5.97 Å². The maximum absolute atomic E-state index is 10.9. The van der Waals surface area contributed by atoms with Gasteiger partial charge in [0, 0.05) is 13.1 Å². The van der Waals surface area contributed by atoms with Crippen molar-refractivity contribution in [2.45, 2.75) is 84.1 Å². The Morgan fingerprint density at radius 3 is 1.96 bits per heavy atom. The van der Waals surface area contributed by atoms with Crippen LogP contribution in [0.5, 0.6) is 0 Å². The molecule has 3 nitrogen and oxygen atoms in total. The molecule has 0 saturated heterocycles. The summed E-state index contributed by atoms with van der Waals surface area (Å²) in [6.45, 7) is 4.75. The average molecular weight is 348 g/mol. The first kappa shape index (κ1) is 21.7. The van der Waals surface area contributed by atoms with Crippen LogP contribution in [0, 0.1) is 0 Å². The molecule has 3 heteroatoms. The van der Waals surface area contributed by atoms with Crippen LogP contribution >= 0.6 is 0 Å². The van der Waals surface area contributed by atoms with Gasteiger partial charge in [0.15, 0.2) is 0 Å². The van der Waals surface area contributed by atoms with Gasteiger partial charge in [-0.2, -0.15) is 0 Å². The zero-order valence-corrected chi connectivity index (χ0v) is 16.1. The van der Waals surface area contributed by atoms with Crippen LogP contribution in [-0.4, -0.2) is 29.1 Å². The first-order valence-electron chi connectivity index (χ1n) is 10.2. The van der Waals surface area contributed by atoms with Crippen molar-refractivity contribution in [2.75, 3.05) is 13.1 Å². The number of hydrogen-bond acceptors (Lipinski definition) is 2. The quantitative estimate of drug-likeness (QED) is 0.379. The smallest absolute Gasteiger partial charge is 0.304 e. The zero-order chi connectivity index (χ0) is 18.2. The molecular formula is C22H37NO2. The zero-order valence-electron chi connectivity index (χ0n) is 16.1. The van der Waals surface area contributed by atoms with Crippen molar-refractivity contribution in [3.05, 3.63) is 35.9 Å². The second kappa shape index (κ2) is 14.9. The molecule has 0 atom stereocenters. The molecule has 1 aromatic carbocycles. The van der Waals surface area contributed by atoms with Crippen molar-refractivity contribution in [1.82, 2.24) is 4.90 Å². The van der Waals surface area contributed by atoms with Crippen molar-refractivity contribution in [2.24, 2.45) is 0 Å². The highest BCUT2D eigenvalue weighted by atomic mass is 16.4. The summed E-state index contributed by atoms with van der Waals surface area (Å²) in [5, 5.41) is 8.95. The Morgan fingerprint density at radius 2 is 1.40 bits per heavy atom. The van der Waals surface area contributed by atoms with E-state index in [4.69, 9.17) is 5.11 Å². The number of benzene rings is 1. The van der Waals surface area contributed by atoms with Crippen LogP contribution in [0.3, 0.4) is 0 Å². The predicted octanol–water partition coefficient (Wildman–Crippen LogP) is 5.88. The highest BCUT2D eigenvalue weighted by molar-refractivity contribution is 5.66. The number of rotatable bonds is 16. The Kier molecular flexibility index (Phi) is 13.0. The molecule has 0 unspecified atom stereocenters. The van der Waals surface area contributed by atoms with Crippen LogP contribution in [0.4, 0.5) is 0 Å². The van der Waals surface area contributed by atoms with E-state index in [0.717, 1.165) is 13.1 Å². The largest absolute Gasteiger partial charge is 0.481 e. The van der Waals surface area contributed by atoms with Crippen LogP contribution in [0.2, 0.25) is 0 Å². The minimum absolute atomic E-state index is 0.227. The summed E-state index contributed by atoms with van der Waals surface area (Å²) in [7, 11) is 0. The fourth-order valence-electron chi connectivity index (χ4n) is 3.19. The number of nitrogens with zero attached hydrogens (tertiary/aromatic N) is 1. The van der Waals surface area contributed by atoms with Gasteiger partial charge >= 0.3 is 5.97 Å². The second-order valence-electron chi connectivity index (χ2n) is 7.09. The fourth-order valence-corrected chi connectivity index (χ4v) is 3.19. The van der Waals surface area contributed by atoms with Crippen molar-refractivity contribution < 1.29 is 9.90 Å². The predicted molar refractivity (Wildman–Crippen MR) is 106 cm³/mol. The van der Waals surface area contributed by atoms with E-state index in [2.05, 4.69) is 24.0 Å². The molecular weight excluding hydrogens is 310 g/mol. The number of carboxylic acids is 1. The first-order valence-corrected chi connectivity index (χ1v) is 10.2. The number of hydrogen-bond donors (Lipinski definition) is 1. The maximum Gasteiger partial charge on any atom is 0.304 e. The minimum atomic E-state index is -0.707. The molecule has 1 N–H and O–H groups in total. The van der Waals surface area contributed by atoms with E-state index in [1.807, 2.05) is 18.2 Å². The summed E-state index contributed by atoms with van der Waals surface area (Å²) in [6, 6.07) is 10.3. The van der Waals surface area contributed by atoms with Gasteiger partial charge in [-0.1, -0.05) is 95.0 Å². The van der Waals surface area contributed by atoms with Gasteiger partial charge in [-0.15, -0.1) is 0 Å². The van der Waals surface area contributed by atoms with Crippen LogP contribution in [0.15, 0.2) is 30.3 Å². The van der Waals surface area contributed by atoms with Gasteiger partial charge in [0.1, 0.15) is 0 Å². The van der Waals surface area contributed by atoms with Gasteiger partial charge < -0.3 is 5.11 Å². The highest BCUT2D eigenvalue weighted by Gasteiger charge is 2.08. The Balaban J connectivity index is 2.14. The number of unbranched alkanes of at least 4 members (excludes halogenated alkanes) is 9. The van der Waals surface area contributed by atoms with E-state index in [9.17, 15) is 4.79 Å². The van der Waals surface area contributed by atoms with E-state index in [0.29, 0.717) is 6.54 Å². The summed E-state index contributed by atoms with van der Waals surface area (Å²) in [5.74, 6) is -0.707. The minimum Gasteiger partial charge on any atom is -0.481 e. The lowest BCUT2D eigenvalue weighted by molar-refractivity contribution is -0.137. The van der Waals surface area contributed by atoms with Gasteiger partial charge in [0.2, 0.25) is 0 Å². The molecule has 0 heterocycles. The molecule has 0 aliphatic heterocycles. The average Bonchev–Trinajstić information content (AvgIpc) is 2.61. The number of carbonyl (C=O) groups is 1. The van der Waals surface area contributed by atoms with Gasteiger partial charge in [0.25, 0.3) is 0 Å². The molecule has 142 valence electrons. The van der Waals surface area contributed by atoms with E-state index >= 15 is 0 Å². The van der Waals surface area contributed by atoms with Gasteiger partial charge in [-0.05, 0) is 18.5 Å². The topological polar surface area (TPSA) is 40.5 Å². The molecule has 0 fully saturated rings. The Labute approximate surface area is 154 Å². The molecule has 1 aromatic rings. The lowest BCUT2D eigenvalue weighted by Crippen LogP contribution is -2.27. The van der Waals surface area contributed by atoms with Gasteiger partial charge in [-0.3, -0.25) is 9.69 Å². The molecule has 0 aliphatic carbocycles. The van der Waals surface area contributed by atoms with Crippen molar-refractivity contribution in [3.63, 3.8) is 0 Å². The standard InChI is InChI=1S/C22H37NO2/c1-2-3-4-5-6-7-8-9-10-14-18-23(19-17-22(24)25)20-21-15-12-11-13-16-21/h11-13,15-16H,2-10,14,17-20H2,1H3,(H,24,25). The molecule has 0 spiro atoms. The summed E-state index contributed by atoms with van der Waals surface area (Å²) < 4.78 is 0. The van der Waals surface area contributed by atoms with Gasteiger partial charge in [0.05, 0.1) is 6.42 Å². The van der Waals surface area contributed by atoms with Crippen molar-refractivity contribution in [3.8, 4) is 0 Å². The monoisotopic (exact) mass is 347 g/mol. The molecule has 0 bridgehead atoms. The van der Waals surface area contributed by atoms with Gasteiger partial charge in [-0.25, -0.2) is 0 Å². The summed E-state index contributed by atoms with van der Waals surface area (Å²) in [6.07, 6.45) is 13.6. The Morgan fingerprint density at radius 1 is 0.840 bits per heavy atom. The molecule has 1 rings (SSSR count). The van der Waals surface area contributed by atoms with Crippen molar-refractivity contribution in [1.29, 1.82) is 0 Å². The molecule has 0 radical (unpaired) electrons. The van der Waals surface area contributed by atoms with Crippen LogP contribution in [0.1, 0.15) is 83.1 Å². The van der Waals surface area contributed by atoms with Crippen molar-refractivity contribution >= 4 is 5.97 Å². The number of aliphatic carboxylic acids is 1.